The van der Waals surface area contributed by atoms with Gasteiger partial charge in [-0.05, 0) is 0 Å². The van der Waals surface area contributed by atoms with Gasteiger partial charge in [0.05, 0.1) is 44.0 Å². The van der Waals surface area contributed by atoms with Gasteiger partial charge in [0, 0.05) is 32.3 Å². The lowest BCUT2D eigenvalue weighted by atomic mass is 9.93. The van der Waals surface area contributed by atoms with Gasteiger partial charge in [-0.25, -0.2) is 0 Å². The van der Waals surface area contributed by atoms with Crippen molar-refractivity contribution in [2.24, 2.45) is 11.8 Å². The van der Waals surface area contributed by atoms with Crippen molar-refractivity contribution < 1.29 is 129 Å². The number of carbonyl (C=O) groups excluding carboxylic acids is 3. The molecule has 0 aromatic heterocycles. The summed E-state index contributed by atoms with van der Waals surface area (Å²) in [5, 5.41) is 177. The predicted molar refractivity (Wildman–Crippen MR) is 222 cm³/mol. The number of rotatable bonds is 25. The van der Waals surface area contributed by atoms with Crippen LogP contribution >= 0.6 is 15.9 Å². The first-order chi connectivity index (χ1) is 31.9. The van der Waals surface area contributed by atoms with E-state index in [2.05, 4.69) is 31.9 Å². The Morgan fingerprint density at radius 2 is 1.12 bits per heavy atom. The monoisotopic (exact) mass is 1060 g/mol. The lowest BCUT2D eigenvalue weighted by molar-refractivity contribution is -0.350. The van der Waals surface area contributed by atoms with Crippen LogP contribution in [0.2, 0.25) is 0 Å². The van der Waals surface area contributed by atoms with Crippen molar-refractivity contribution >= 4 is 33.7 Å². The molecule has 0 aromatic carbocycles. The van der Waals surface area contributed by atoms with E-state index < -0.39 is 204 Å². The number of aliphatic hydroxyl groups excluding tert-OH is 16. The quantitative estimate of drug-likeness (QED) is 0.0298. The summed E-state index contributed by atoms with van der Waals surface area (Å²) < 4.78 is 39.3. The van der Waals surface area contributed by atoms with Gasteiger partial charge in [-0.3, -0.25) is 14.4 Å². The fourth-order valence-corrected chi connectivity index (χ4v) is 7.73. The van der Waals surface area contributed by atoms with Gasteiger partial charge >= 0.3 is 0 Å². The number of ether oxygens (including phenoxy) is 7. The van der Waals surface area contributed by atoms with E-state index in [4.69, 9.17) is 33.2 Å². The van der Waals surface area contributed by atoms with Crippen LogP contribution in [0, 0.1) is 11.8 Å². The van der Waals surface area contributed by atoms with E-state index in [1.165, 1.54) is 13.8 Å². The van der Waals surface area contributed by atoms with Gasteiger partial charge in [0.1, 0.15) is 97.5 Å². The molecule has 3 rings (SSSR count). The summed E-state index contributed by atoms with van der Waals surface area (Å²) in [6.07, 6.45) is -41.6. The molecule has 3 aliphatic heterocycles. The van der Waals surface area contributed by atoms with Gasteiger partial charge in [-0.2, -0.15) is 0 Å². The molecule has 3 aliphatic rings. The van der Waals surface area contributed by atoms with Gasteiger partial charge in [-0.15, -0.1) is 0 Å². The minimum absolute atomic E-state index is 0.215. The van der Waals surface area contributed by atoms with Gasteiger partial charge in [-0.1, -0.05) is 29.8 Å². The maximum atomic E-state index is 12.5. The van der Waals surface area contributed by atoms with Crippen LogP contribution in [0.15, 0.2) is 0 Å². The Balaban J connectivity index is 1.92. The third kappa shape index (κ3) is 15.2. The number of halogens is 1. The van der Waals surface area contributed by atoms with Crippen LogP contribution in [0.4, 0.5) is 0 Å². The third-order valence-electron chi connectivity index (χ3n) is 11.6. The summed E-state index contributed by atoms with van der Waals surface area (Å²) in [6.45, 7) is 0.369. The average molecular weight is 1060 g/mol. The van der Waals surface area contributed by atoms with E-state index in [0.29, 0.717) is 0 Å². The molecular formula is C38H68BrN3O26. The summed E-state index contributed by atoms with van der Waals surface area (Å²) >= 11 is 2.97. The van der Waals surface area contributed by atoms with Crippen molar-refractivity contribution in [1.82, 2.24) is 16.0 Å². The maximum Gasteiger partial charge on any atom is 0.232 e. The highest BCUT2D eigenvalue weighted by atomic mass is 79.9. The van der Waals surface area contributed by atoms with Gasteiger partial charge < -0.3 is 131 Å². The highest BCUT2D eigenvalue weighted by Gasteiger charge is 2.54. The molecule has 3 amide bonds. The fraction of sp³-hybridized carbons (Fsp3) is 0.921. The van der Waals surface area contributed by atoms with Crippen LogP contribution in [0.3, 0.4) is 0 Å². The second-order valence-corrected chi connectivity index (χ2v) is 17.4. The SMILES string of the molecule is CC(=O)N[C@H]1C(O)[C@H](O[C@H](O)[C@H](O)C(O[C@H]2O[C@H](CO)[C@@H](O)C(O)C2O)[C@H](O)C(C)CO[C@@H](O)[C@H](O)C(O)[C@H](O)C(C)CO)C(CO)O[C@H]1O[C@@H]1C(CO)O[C@@H](NC(=O)CBr)[C@@H](NC(C)=O)C1O. The molecular weight excluding hydrogens is 994 g/mol. The maximum absolute atomic E-state index is 12.5. The van der Waals surface area contributed by atoms with Crippen molar-refractivity contribution in [1.29, 1.82) is 0 Å². The fourth-order valence-electron chi connectivity index (χ4n) is 7.57. The average Bonchev–Trinajstić information content (AvgIpc) is 3.31. The largest absolute Gasteiger partial charge is 0.396 e. The van der Waals surface area contributed by atoms with Crippen LogP contribution in [0.1, 0.15) is 27.7 Å². The second-order valence-electron chi connectivity index (χ2n) is 16.8. The van der Waals surface area contributed by atoms with Crippen molar-refractivity contribution in [3.05, 3.63) is 0 Å². The molecule has 3 heterocycles. The lowest BCUT2D eigenvalue weighted by Gasteiger charge is -2.49. The standard InChI is InChI=1S/C38H68BrN3O26/c1-11(6-43)21(50)26(55)28(57)35(60)62-10-12(2)22(51)33(68-38-29(58)27(56)23(52)15(7-44)64-38)30(59)36(61)66-31-17(9-46)65-37(20(25(31)54)41-14(4)48)67-32-16(8-45)63-34(42-18(49)5-39)19(24(32)53)40-13(3)47/h11-12,15-17,19-38,43-46,50-61H,5-10H2,1-4H3,(H,40,47)(H,41,48)(H,42,49)/t11?,12?,15-,16?,17?,19+,20+,21-,22-,23-,24?,25?,26?,27?,28-,29?,30-,31-,32-,33?,34-,35-,36+,37+,38-/m1/s1. The number of hydrogen-bond donors (Lipinski definition) is 19. The molecule has 10 unspecified atom stereocenters. The van der Waals surface area contributed by atoms with E-state index in [-0.39, 0.29) is 5.33 Å². The molecule has 29 nitrogen and oxygen atoms in total. The van der Waals surface area contributed by atoms with Crippen molar-refractivity contribution in [2.75, 3.05) is 38.4 Å². The Morgan fingerprint density at radius 3 is 1.66 bits per heavy atom. The lowest BCUT2D eigenvalue weighted by Crippen LogP contribution is -2.71. The summed E-state index contributed by atoms with van der Waals surface area (Å²) in [5.41, 5.74) is 0. The molecule has 0 radical (unpaired) electrons. The molecule has 30 heteroatoms. The van der Waals surface area contributed by atoms with E-state index in [0.717, 1.165) is 13.8 Å². The van der Waals surface area contributed by atoms with Crippen LogP contribution < -0.4 is 16.0 Å². The number of alkyl halides is 1. The van der Waals surface area contributed by atoms with Gasteiger partial charge in [0.25, 0.3) is 0 Å². The molecule has 398 valence electrons. The first-order valence-electron chi connectivity index (χ1n) is 21.4. The molecule has 25 atom stereocenters. The highest BCUT2D eigenvalue weighted by Crippen LogP contribution is 2.32. The van der Waals surface area contributed by atoms with Crippen molar-refractivity contribution in [3.8, 4) is 0 Å². The third-order valence-corrected chi connectivity index (χ3v) is 12.1. The summed E-state index contributed by atoms with van der Waals surface area (Å²) in [4.78, 5) is 36.8. The van der Waals surface area contributed by atoms with Crippen LogP contribution in [0.25, 0.3) is 0 Å². The summed E-state index contributed by atoms with van der Waals surface area (Å²) in [7, 11) is 0. The summed E-state index contributed by atoms with van der Waals surface area (Å²) in [5.74, 6) is -4.47. The number of carbonyl (C=O) groups is 3. The Hall–Kier alpha value is -2.03. The molecule has 0 bridgehead atoms. The van der Waals surface area contributed by atoms with E-state index in [9.17, 15) is 96.1 Å². The number of aliphatic hydroxyl groups is 16. The van der Waals surface area contributed by atoms with E-state index in [1.54, 1.807) is 0 Å². The van der Waals surface area contributed by atoms with Crippen LogP contribution in [0.5, 0.6) is 0 Å². The number of hydrogen-bond acceptors (Lipinski definition) is 26. The summed E-state index contributed by atoms with van der Waals surface area (Å²) in [6, 6.07) is -3.18. The predicted octanol–water partition coefficient (Wildman–Crippen LogP) is -10.7. The topological polar surface area (TPSA) is 476 Å². The first kappa shape index (κ1) is 60.3. The zero-order valence-corrected chi connectivity index (χ0v) is 38.9. The molecule has 0 saturated carbocycles. The molecule has 0 aliphatic carbocycles. The number of nitrogens with one attached hydrogen (secondary N) is 3. The van der Waals surface area contributed by atoms with Crippen molar-refractivity contribution in [2.45, 2.75) is 169 Å². The Labute approximate surface area is 397 Å². The highest BCUT2D eigenvalue weighted by molar-refractivity contribution is 9.09. The van der Waals surface area contributed by atoms with Gasteiger partial charge in [0.15, 0.2) is 31.4 Å². The van der Waals surface area contributed by atoms with Gasteiger partial charge in [0.2, 0.25) is 17.7 Å². The first-order valence-corrected chi connectivity index (χ1v) is 22.5. The molecule has 0 spiro atoms. The minimum atomic E-state index is -2.63. The Bertz CT molecular complexity index is 1550. The van der Waals surface area contributed by atoms with Crippen molar-refractivity contribution in [3.63, 3.8) is 0 Å². The number of amides is 3. The smallest absolute Gasteiger partial charge is 0.232 e. The van der Waals surface area contributed by atoms with Crippen LogP contribution in [-0.4, -0.2) is 279 Å². The molecule has 3 saturated heterocycles. The molecule has 19 N–H and O–H groups in total. The molecule has 3 fully saturated rings. The molecule has 0 aromatic rings. The van der Waals surface area contributed by atoms with E-state index >= 15 is 0 Å². The molecule has 68 heavy (non-hydrogen) atoms. The second kappa shape index (κ2) is 27.7. The Morgan fingerprint density at radius 1 is 0.574 bits per heavy atom. The zero-order valence-electron chi connectivity index (χ0n) is 37.3. The zero-order chi connectivity index (χ0) is 51.5. The van der Waals surface area contributed by atoms with E-state index in [1.807, 2.05) is 0 Å². The normalized spacial score (nSPS) is 36.8. The van der Waals surface area contributed by atoms with Crippen LogP contribution in [-0.2, 0) is 47.5 Å². The Kier molecular flexibility index (Phi) is 24.6. The minimum Gasteiger partial charge on any atom is -0.396 e.